The summed E-state index contributed by atoms with van der Waals surface area (Å²) in [6.07, 6.45) is 0.523. The molecule has 0 amide bonds. The van der Waals surface area contributed by atoms with E-state index in [1.165, 1.54) is 11.8 Å². The standard InChI is InChI=1S/C9H14N2O4S2.HI/c1-6(5-16)15-9(12)7(11(13)14)8-10-3-2-4-17-8;/h6,10,16H,2-5H2,1H3;1H/b8-7+;. The van der Waals surface area contributed by atoms with Crippen molar-refractivity contribution in [2.24, 2.45) is 0 Å². The Kier molecular flexibility index (Phi) is 8.78. The Balaban J connectivity index is 0.00000289. The van der Waals surface area contributed by atoms with Gasteiger partial charge in [-0.1, -0.05) is 0 Å². The average molecular weight is 406 g/mol. The first-order valence-corrected chi connectivity index (χ1v) is 6.86. The van der Waals surface area contributed by atoms with Crippen LogP contribution >= 0.6 is 11.8 Å². The predicted octanol–water partition coefficient (Wildman–Crippen LogP) is -2.89. The zero-order valence-corrected chi connectivity index (χ0v) is 13.7. The van der Waals surface area contributed by atoms with Gasteiger partial charge in [-0.3, -0.25) is 10.1 Å². The molecule has 1 heterocycles. The molecule has 0 saturated carbocycles. The average Bonchev–Trinajstić information content (AvgIpc) is 2.29. The normalized spacial score (nSPS) is 19.0. The Morgan fingerprint density at radius 3 is 2.83 bits per heavy atom. The quantitative estimate of drug-likeness (QED) is 0.135. The summed E-state index contributed by atoms with van der Waals surface area (Å²) in [5, 5.41) is 14.1. The number of rotatable bonds is 4. The molecule has 1 aliphatic heterocycles. The van der Waals surface area contributed by atoms with E-state index in [1.54, 1.807) is 6.92 Å². The van der Waals surface area contributed by atoms with Crippen LogP contribution in [-0.4, -0.2) is 35.0 Å². The van der Waals surface area contributed by atoms with Crippen molar-refractivity contribution in [2.75, 3.05) is 18.1 Å². The number of hydrogen-bond donors (Lipinski definition) is 1. The molecule has 0 radical (unpaired) electrons. The number of ether oxygens (including phenoxy) is 1. The van der Waals surface area contributed by atoms with Crippen molar-refractivity contribution in [1.82, 2.24) is 5.32 Å². The molecule has 0 aromatic carbocycles. The van der Waals surface area contributed by atoms with E-state index in [1.807, 2.05) is 0 Å². The summed E-state index contributed by atoms with van der Waals surface area (Å²) in [6.45, 7) is 2.30. The highest BCUT2D eigenvalue weighted by atomic mass is 127. The van der Waals surface area contributed by atoms with Gasteiger partial charge in [0.05, 0.1) is 4.92 Å². The van der Waals surface area contributed by atoms with Crippen molar-refractivity contribution >= 4 is 30.4 Å². The molecule has 1 saturated heterocycles. The lowest BCUT2D eigenvalue weighted by Crippen LogP contribution is -3.00. The fourth-order valence-corrected chi connectivity index (χ4v) is 2.26. The second-order valence-electron chi connectivity index (χ2n) is 3.48. The first-order valence-electron chi connectivity index (χ1n) is 5.17. The molecule has 1 aliphatic rings. The Bertz CT molecular complexity index is 343. The zero-order chi connectivity index (χ0) is 12.8. The lowest BCUT2D eigenvalue weighted by Gasteiger charge is -2.16. The van der Waals surface area contributed by atoms with E-state index in [-0.39, 0.29) is 24.0 Å². The van der Waals surface area contributed by atoms with Gasteiger partial charge < -0.3 is 34.0 Å². The summed E-state index contributed by atoms with van der Waals surface area (Å²) >= 11 is 4.47. The fraction of sp³-hybridized carbons (Fsp3) is 0.667. The largest absolute Gasteiger partial charge is 1.00 e. The molecule has 0 spiro atoms. The van der Waals surface area contributed by atoms with Gasteiger partial charge in [0.2, 0.25) is 0 Å². The Morgan fingerprint density at radius 1 is 1.72 bits per heavy atom. The SMILES string of the molecule is CC(C[SH2+])OC(=O)/C(=C1/NCCCS1)[N+](=O)[O-].[I-]. The van der Waals surface area contributed by atoms with Gasteiger partial charge in [0.1, 0.15) is 11.9 Å². The highest BCUT2D eigenvalue weighted by Gasteiger charge is 2.32. The van der Waals surface area contributed by atoms with Crippen molar-refractivity contribution in [3.05, 3.63) is 20.8 Å². The van der Waals surface area contributed by atoms with Gasteiger partial charge in [-0.05, 0) is 26.0 Å². The van der Waals surface area contributed by atoms with Gasteiger partial charge in [0, 0.05) is 12.3 Å². The number of carbonyl (C=O) groups is 1. The van der Waals surface area contributed by atoms with E-state index in [0.29, 0.717) is 17.3 Å². The van der Waals surface area contributed by atoms with E-state index in [2.05, 4.69) is 17.9 Å². The number of carbonyl (C=O) groups excluding carboxylic acids is 1. The summed E-state index contributed by atoms with van der Waals surface area (Å²) < 4.78 is 4.94. The van der Waals surface area contributed by atoms with Crippen molar-refractivity contribution < 1.29 is 38.4 Å². The first kappa shape index (κ1) is 17.8. The van der Waals surface area contributed by atoms with Crippen molar-refractivity contribution in [2.45, 2.75) is 19.4 Å². The van der Waals surface area contributed by atoms with Crippen molar-refractivity contribution in [1.29, 1.82) is 0 Å². The molecule has 0 aromatic rings. The third-order valence-corrected chi connectivity index (χ3v) is 3.73. The first-order chi connectivity index (χ1) is 8.06. The highest BCUT2D eigenvalue weighted by molar-refractivity contribution is 8.03. The number of nitrogens with zero attached hydrogens (tertiary/aromatic N) is 1. The number of thioether (sulfide) groups is 1. The third kappa shape index (κ3) is 5.22. The molecule has 9 heteroatoms. The maximum atomic E-state index is 11.7. The van der Waals surface area contributed by atoms with Crippen LogP contribution in [0.3, 0.4) is 0 Å². The van der Waals surface area contributed by atoms with Crippen LogP contribution in [0.2, 0.25) is 0 Å². The van der Waals surface area contributed by atoms with E-state index in [9.17, 15) is 14.9 Å². The molecule has 1 N–H and O–H groups in total. The summed E-state index contributed by atoms with van der Waals surface area (Å²) in [6, 6.07) is 0. The lowest BCUT2D eigenvalue weighted by molar-refractivity contribution is -0.422. The summed E-state index contributed by atoms with van der Waals surface area (Å²) in [5.41, 5.74) is -0.498. The smallest absolute Gasteiger partial charge is 0.413 e. The topological polar surface area (TPSA) is 81.5 Å². The molecule has 1 fully saturated rings. The molecule has 1 rings (SSSR count). The Morgan fingerprint density at radius 2 is 2.39 bits per heavy atom. The van der Waals surface area contributed by atoms with Gasteiger partial charge in [0.15, 0.2) is 5.03 Å². The van der Waals surface area contributed by atoms with Crippen molar-refractivity contribution in [3.8, 4) is 0 Å². The second-order valence-corrected chi connectivity index (χ2v) is 5.00. The van der Waals surface area contributed by atoms with Crippen molar-refractivity contribution in [3.63, 3.8) is 0 Å². The number of nitrogens with one attached hydrogen (secondary N) is 1. The number of hydrogen-bond acceptors (Lipinski definition) is 6. The van der Waals surface area contributed by atoms with Crippen LogP contribution in [0.5, 0.6) is 0 Å². The molecular formula is C9H15IN2O4S2. The maximum Gasteiger partial charge on any atom is 0.413 e. The van der Waals surface area contributed by atoms with Crippen LogP contribution in [0.4, 0.5) is 0 Å². The molecule has 1 atom stereocenters. The van der Waals surface area contributed by atoms with E-state index in [0.717, 1.165) is 12.2 Å². The maximum absolute atomic E-state index is 11.7. The minimum atomic E-state index is -0.891. The minimum Gasteiger partial charge on any atom is -1.00 e. The van der Waals surface area contributed by atoms with E-state index in [4.69, 9.17) is 4.74 Å². The Hall–Kier alpha value is -0.160. The minimum absolute atomic E-state index is 0. The summed E-state index contributed by atoms with van der Waals surface area (Å²) in [7, 11) is 0. The molecule has 0 bridgehead atoms. The number of nitro groups is 1. The zero-order valence-electron chi connectivity index (χ0n) is 9.77. The third-order valence-electron chi connectivity index (χ3n) is 2.04. The second kappa shape index (κ2) is 8.86. The monoisotopic (exact) mass is 406 g/mol. The van der Waals surface area contributed by atoms with Gasteiger partial charge in [-0.15, -0.1) is 11.8 Å². The number of halogens is 1. The van der Waals surface area contributed by atoms with Crippen LogP contribution in [0.1, 0.15) is 13.3 Å². The van der Waals surface area contributed by atoms with Gasteiger partial charge in [-0.25, -0.2) is 4.79 Å². The van der Waals surface area contributed by atoms with E-state index < -0.39 is 22.7 Å². The molecule has 0 aromatic heterocycles. The lowest BCUT2D eigenvalue weighted by atomic mass is 10.4. The van der Waals surface area contributed by atoms with Crippen LogP contribution < -0.4 is 29.3 Å². The van der Waals surface area contributed by atoms with Crippen LogP contribution in [0.15, 0.2) is 10.7 Å². The van der Waals surface area contributed by atoms with Gasteiger partial charge in [0.25, 0.3) is 0 Å². The molecular weight excluding hydrogens is 391 g/mol. The van der Waals surface area contributed by atoms with Crippen LogP contribution in [0, 0.1) is 10.1 Å². The highest BCUT2D eigenvalue weighted by Crippen LogP contribution is 2.23. The molecule has 18 heavy (non-hydrogen) atoms. The predicted molar refractivity (Wildman–Crippen MR) is 69.7 cm³/mol. The van der Waals surface area contributed by atoms with E-state index >= 15 is 0 Å². The van der Waals surface area contributed by atoms with Gasteiger partial charge in [-0.2, -0.15) is 0 Å². The molecule has 1 unspecified atom stereocenters. The van der Waals surface area contributed by atoms with Crippen LogP contribution in [0.25, 0.3) is 0 Å². The number of esters is 1. The summed E-state index contributed by atoms with van der Waals surface area (Å²) in [4.78, 5) is 21.9. The fourth-order valence-electron chi connectivity index (χ4n) is 1.18. The molecule has 104 valence electrons. The molecule has 6 nitrogen and oxygen atoms in total. The summed E-state index contributed by atoms with van der Waals surface area (Å²) in [5.74, 6) is 0.311. The molecule has 0 aliphatic carbocycles. The van der Waals surface area contributed by atoms with Crippen LogP contribution in [-0.2, 0) is 22.2 Å². The Labute approximate surface area is 132 Å². The van der Waals surface area contributed by atoms with Gasteiger partial charge >= 0.3 is 11.7 Å².